The molecule has 166 valence electrons. The maximum atomic E-state index is 12.2. The predicted octanol–water partition coefficient (Wildman–Crippen LogP) is 1.87. The summed E-state index contributed by atoms with van der Waals surface area (Å²) in [6.07, 6.45) is 0. The van der Waals surface area contributed by atoms with E-state index in [1.165, 1.54) is 5.69 Å². The van der Waals surface area contributed by atoms with Crippen LogP contribution in [0.15, 0.2) is 54.6 Å². The highest BCUT2D eigenvalue weighted by atomic mass is 16.2. The number of anilines is 2. The van der Waals surface area contributed by atoms with Crippen LogP contribution in [0.25, 0.3) is 0 Å². The zero-order valence-corrected chi connectivity index (χ0v) is 18.7. The van der Waals surface area contributed by atoms with Crippen LogP contribution in [-0.2, 0) is 9.59 Å². The van der Waals surface area contributed by atoms with Crippen molar-refractivity contribution in [1.29, 1.82) is 0 Å². The first-order valence-electron chi connectivity index (χ1n) is 10.9. The number of hydrogen-bond acceptors (Lipinski definition) is 5. The summed E-state index contributed by atoms with van der Waals surface area (Å²) in [5, 5.41) is 5.38. The summed E-state index contributed by atoms with van der Waals surface area (Å²) in [5.41, 5.74) is 3.50. The molecule has 1 saturated heterocycles. The number of hydrogen-bond donors (Lipinski definition) is 2. The van der Waals surface area contributed by atoms with Crippen molar-refractivity contribution in [1.82, 2.24) is 15.5 Å². The van der Waals surface area contributed by atoms with Gasteiger partial charge in [-0.25, -0.2) is 0 Å². The number of carbonyl (C=O) groups excluding carboxylic acids is 2. The molecular formula is C24H33N5O2. The average Bonchev–Trinajstić information content (AvgIpc) is 2.80. The molecule has 2 amide bonds. The van der Waals surface area contributed by atoms with Crippen LogP contribution in [0.2, 0.25) is 0 Å². The summed E-state index contributed by atoms with van der Waals surface area (Å²) in [5.74, 6) is -1.17. The van der Waals surface area contributed by atoms with E-state index >= 15 is 0 Å². The van der Waals surface area contributed by atoms with Crippen molar-refractivity contribution in [3.05, 3.63) is 60.2 Å². The minimum absolute atomic E-state index is 0.00696. The van der Waals surface area contributed by atoms with Crippen molar-refractivity contribution in [2.24, 2.45) is 0 Å². The van der Waals surface area contributed by atoms with E-state index in [4.69, 9.17) is 0 Å². The lowest BCUT2D eigenvalue weighted by Crippen LogP contribution is -2.50. The van der Waals surface area contributed by atoms with E-state index in [2.05, 4.69) is 73.9 Å². The second kappa shape index (κ2) is 10.8. The molecule has 1 aliphatic heterocycles. The molecule has 1 atom stereocenters. The third-order valence-corrected chi connectivity index (χ3v) is 5.67. The molecular weight excluding hydrogens is 390 g/mol. The third kappa shape index (κ3) is 5.98. The van der Waals surface area contributed by atoms with Gasteiger partial charge in [-0.05, 0) is 36.8 Å². The summed E-state index contributed by atoms with van der Waals surface area (Å²) in [4.78, 5) is 30.9. The predicted molar refractivity (Wildman–Crippen MR) is 125 cm³/mol. The molecule has 0 radical (unpaired) electrons. The highest BCUT2D eigenvalue weighted by molar-refractivity contribution is 6.35. The zero-order valence-electron chi connectivity index (χ0n) is 18.7. The minimum Gasteiger partial charge on any atom is -0.378 e. The van der Waals surface area contributed by atoms with Crippen molar-refractivity contribution in [2.75, 3.05) is 63.2 Å². The molecule has 1 aliphatic rings. The molecule has 2 aromatic rings. The first kappa shape index (κ1) is 22.6. The van der Waals surface area contributed by atoms with Crippen LogP contribution in [-0.4, -0.2) is 70.1 Å². The molecule has 1 unspecified atom stereocenters. The number of nitrogens with zero attached hydrogens (tertiary/aromatic N) is 3. The van der Waals surface area contributed by atoms with Gasteiger partial charge in [0.15, 0.2) is 0 Å². The third-order valence-electron chi connectivity index (χ3n) is 5.67. The van der Waals surface area contributed by atoms with E-state index in [-0.39, 0.29) is 6.04 Å². The lowest BCUT2D eigenvalue weighted by molar-refractivity contribution is -0.139. The van der Waals surface area contributed by atoms with Crippen molar-refractivity contribution in [2.45, 2.75) is 13.0 Å². The first-order chi connectivity index (χ1) is 15.0. The van der Waals surface area contributed by atoms with E-state index in [9.17, 15) is 9.59 Å². The normalized spacial score (nSPS) is 15.3. The van der Waals surface area contributed by atoms with Gasteiger partial charge in [-0.3, -0.25) is 14.5 Å². The molecule has 3 rings (SSSR count). The highest BCUT2D eigenvalue weighted by Gasteiger charge is 2.26. The first-order valence-corrected chi connectivity index (χ1v) is 10.9. The van der Waals surface area contributed by atoms with Gasteiger partial charge in [-0.1, -0.05) is 30.3 Å². The van der Waals surface area contributed by atoms with Gasteiger partial charge in [0.05, 0.1) is 6.04 Å². The Hall–Kier alpha value is -3.06. The molecule has 7 heteroatoms. The molecule has 0 spiro atoms. The fraction of sp³-hybridized carbons (Fsp3) is 0.417. The van der Waals surface area contributed by atoms with Gasteiger partial charge in [0.1, 0.15) is 0 Å². The molecule has 0 aliphatic carbocycles. The van der Waals surface area contributed by atoms with Crippen molar-refractivity contribution < 1.29 is 9.59 Å². The number of para-hydroxylation sites is 1. The second-order valence-corrected chi connectivity index (χ2v) is 7.93. The Morgan fingerprint density at radius 2 is 1.52 bits per heavy atom. The fourth-order valence-corrected chi connectivity index (χ4v) is 3.89. The van der Waals surface area contributed by atoms with Crippen LogP contribution in [0, 0.1) is 0 Å². The standard InChI is InChI=1S/C24H33N5O2/c1-4-25-23(30)24(31)26-18-22(19-10-12-20(13-11-19)27(2)3)29-16-14-28(15-17-29)21-8-6-5-7-9-21/h5-13,22H,4,14-18H2,1-3H3,(H,25,30)(H,26,31). The molecule has 31 heavy (non-hydrogen) atoms. The number of nitrogens with one attached hydrogen (secondary N) is 2. The van der Waals surface area contributed by atoms with E-state index < -0.39 is 11.8 Å². The van der Waals surface area contributed by atoms with Crippen LogP contribution in [0.5, 0.6) is 0 Å². The number of rotatable bonds is 7. The van der Waals surface area contributed by atoms with Crippen molar-refractivity contribution >= 4 is 23.2 Å². The molecule has 1 heterocycles. The van der Waals surface area contributed by atoms with Crippen LogP contribution >= 0.6 is 0 Å². The lowest BCUT2D eigenvalue weighted by Gasteiger charge is -2.40. The fourth-order valence-electron chi connectivity index (χ4n) is 3.89. The van der Waals surface area contributed by atoms with Crippen LogP contribution in [0.4, 0.5) is 11.4 Å². The lowest BCUT2D eigenvalue weighted by atomic mass is 10.0. The number of amides is 2. The van der Waals surface area contributed by atoms with Crippen LogP contribution in [0.1, 0.15) is 18.5 Å². The summed E-state index contributed by atoms with van der Waals surface area (Å²) in [7, 11) is 4.03. The van der Waals surface area contributed by atoms with Gasteiger partial charge < -0.3 is 20.4 Å². The van der Waals surface area contributed by atoms with Gasteiger partial charge >= 0.3 is 11.8 Å². The minimum atomic E-state index is -0.585. The monoisotopic (exact) mass is 423 g/mol. The Morgan fingerprint density at radius 1 is 0.903 bits per heavy atom. The van der Waals surface area contributed by atoms with E-state index in [1.807, 2.05) is 20.2 Å². The molecule has 7 nitrogen and oxygen atoms in total. The average molecular weight is 424 g/mol. The molecule has 0 aromatic heterocycles. The quantitative estimate of drug-likeness (QED) is 0.666. The smallest absolute Gasteiger partial charge is 0.309 e. The van der Waals surface area contributed by atoms with Gasteiger partial charge in [0.2, 0.25) is 0 Å². The molecule has 0 saturated carbocycles. The van der Waals surface area contributed by atoms with Gasteiger partial charge in [-0.15, -0.1) is 0 Å². The number of likely N-dealkylation sites (N-methyl/N-ethyl adjacent to an activating group) is 1. The van der Waals surface area contributed by atoms with Crippen molar-refractivity contribution in [3.8, 4) is 0 Å². The Balaban J connectivity index is 1.71. The Morgan fingerprint density at radius 3 is 2.10 bits per heavy atom. The zero-order chi connectivity index (χ0) is 22.2. The number of benzene rings is 2. The van der Waals surface area contributed by atoms with Crippen LogP contribution in [0.3, 0.4) is 0 Å². The number of piperazine rings is 1. The van der Waals surface area contributed by atoms with Gasteiger partial charge in [0, 0.05) is 64.7 Å². The molecule has 1 fully saturated rings. The molecule has 0 bridgehead atoms. The SMILES string of the molecule is CCNC(=O)C(=O)NCC(c1ccc(N(C)C)cc1)N1CCN(c2ccccc2)CC1. The van der Waals surface area contributed by atoms with Crippen LogP contribution < -0.4 is 20.4 Å². The molecule has 2 aromatic carbocycles. The Bertz CT molecular complexity index is 846. The Kier molecular flexibility index (Phi) is 7.89. The van der Waals surface area contributed by atoms with E-state index in [0.717, 1.165) is 37.4 Å². The largest absolute Gasteiger partial charge is 0.378 e. The summed E-state index contributed by atoms with van der Waals surface area (Å²) in [6.45, 7) is 6.22. The van der Waals surface area contributed by atoms with E-state index in [0.29, 0.717) is 13.1 Å². The van der Waals surface area contributed by atoms with Gasteiger partial charge in [-0.2, -0.15) is 0 Å². The summed E-state index contributed by atoms with van der Waals surface area (Å²) >= 11 is 0. The van der Waals surface area contributed by atoms with E-state index in [1.54, 1.807) is 6.92 Å². The second-order valence-electron chi connectivity index (χ2n) is 7.93. The maximum absolute atomic E-state index is 12.2. The highest BCUT2D eigenvalue weighted by Crippen LogP contribution is 2.25. The van der Waals surface area contributed by atoms with Gasteiger partial charge in [0.25, 0.3) is 0 Å². The van der Waals surface area contributed by atoms with Crippen molar-refractivity contribution in [3.63, 3.8) is 0 Å². The summed E-state index contributed by atoms with van der Waals surface area (Å²) in [6, 6.07) is 18.9. The maximum Gasteiger partial charge on any atom is 0.309 e. The summed E-state index contributed by atoms with van der Waals surface area (Å²) < 4.78 is 0. The Labute approximate surface area is 185 Å². The molecule has 2 N–H and O–H groups in total. The number of carbonyl (C=O) groups is 2. The topological polar surface area (TPSA) is 67.9 Å².